The van der Waals surface area contributed by atoms with Crippen molar-refractivity contribution in [2.75, 3.05) is 45.2 Å². The van der Waals surface area contributed by atoms with Gasteiger partial charge in [-0.15, -0.1) is 0 Å². The first kappa shape index (κ1) is 20.3. The summed E-state index contributed by atoms with van der Waals surface area (Å²) in [5.74, 6) is -0.560. The van der Waals surface area contributed by atoms with Gasteiger partial charge in [0, 0.05) is 39.6 Å². The maximum absolute atomic E-state index is 13.6. The number of methoxy groups -OCH3 is 1. The summed E-state index contributed by atoms with van der Waals surface area (Å²) in [4.78, 5) is 26.2. The number of ether oxygens (including phenoxy) is 1. The number of halogens is 1. The molecule has 26 heavy (non-hydrogen) atoms. The Balaban J connectivity index is 1.64. The standard InChI is InChI=1S/C19H28FN3O3/c1-14-3-4-16(20)17(11-14)22-19(25)6-5-18(24)21-12-15-7-8-23(13-15)9-10-26-2/h3-4,11,15H,5-10,12-13H2,1-2H3,(H,21,24)(H,22,25)/t15-/m0/s1. The molecular weight excluding hydrogens is 337 g/mol. The minimum absolute atomic E-state index is 0.0316. The normalized spacial score (nSPS) is 17.3. The highest BCUT2D eigenvalue weighted by atomic mass is 19.1. The largest absolute Gasteiger partial charge is 0.383 e. The third-order valence-electron chi connectivity index (χ3n) is 4.54. The van der Waals surface area contributed by atoms with Crippen LogP contribution in [0.25, 0.3) is 0 Å². The van der Waals surface area contributed by atoms with Crippen LogP contribution in [0.3, 0.4) is 0 Å². The summed E-state index contributed by atoms with van der Waals surface area (Å²) in [6.45, 7) is 6.05. The number of hydrogen-bond acceptors (Lipinski definition) is 4. The maximum Gasteiger partial charge on any atom is 0.224 e. The minimum Gasteiger partial charge on any atom is -0.383 e. The second-order valence-corrected chi connectivity index (χ2v) is 6.78. The fraction of sp³-hybridized carbons (Fsp3) is 0.579. The van der Waals surface area contributed by atoms with Gasteiger partial charge >= 0.3 is 0 Å². The molecule has 144 valence electrons. The smallest absolute Gasteiger partial charge is 0.224 e. The topological polar surface area (TPSA) is 70.7 Å². The Bertz CT molecular complexity index is 624. The van der Waals surface area contributed by atoms with Gasteiger partial charge in [-0.05, 0) is 43.5 Å². The predicted octanol–water partition coefficient (Wildman–Crippen LogP) is 1.94. The fourth-order valence-electron chi connectivity index (χ4n) is 3.02. The van der Waals surface area contributed by atoms with Gasteiger partial charge in [0.15, 0.2) is 0 Å². The number of nitrogens with one attached hydrogen (secondary N) is 2. The molecule has 0 aliphatic carbocycles. The first-order valence-electron chi connectivity index (χ1n) is 9.02. The molecular formula is C19H28FN3O3. The van der Waals surface area contributed by atoms with Gasteiger partial charge in [-0.3, -0.25) is 9.59 Å². The zero-order valence-electron chi connectivity index (χ0n) is 15.5. The number of rotatable bonds is 9. The second-order valence-electron chi connectivity index (χ2n) is 6.78. The monoisotopic (exact) mass is 365 g/mol. The maximum atomic E-state index is 13.6. The van der Waals surface area contributed by atoms with Crippen molar-refractivity contribution in [3.8, 4) is 0 Å². The van der Waals surface area contributed by atoms with Gasteiger partial charge in [-0.25, -0.2) is 4.39 Å². The molecule has 1 aromatic carbocycles. The SMILES string of the molecule is COCCN1CC[C@@H](CNC(=O)CCC(=O)Nc2cc(C)ccc2F)C1. The van der Waals surface area contributed by atoms with Crippen LogP contribution in [0.5, 0.6) is 0 Å². The summed E-state index contributed by atoms with van der Waals surface area (Å²) in [5.41, 5.74) is 1.01. The number of carbonyl (C=O) groups excluding carboxylic acids is 2. The van der Waals surface area contributed by atoms with E-state index in [2.05, 4.69) is 15.5 Å². The van der Waals surface area contributed by atoms with Crippen LogP contribution in [0.4, 0.5) is 10.1 Å². The average molecular weight is 365 g/mol. The molecule has 1 aliphatic rings. The Hall–Kier alpha value is -1.99. The lowest BCUT2D eigenvalue weighted by Crippen LogP contribution is -2.32. The number of carbonyl (C=O) groups is 2. The Morgan fingerprint density at radius 2 is 2.08 bits per heavy atom. The Morgan fingerprint density at radius 1 is 1.31 bits per heavy atom. The van der Waals surface area contributed by atoms with E-state index in [4.69, 9.17) is 4.74 Å². The summed E-state index contributed by atoms with van der Waals surface area (Å²) in [6.07, 6.45) is 1.18. The summed E-state index contributed by atoms with van der Waals surface area (Å²) < 4.78 is 18.7. The van der Waals surface area contributed by atoms with Crippen LogP contribution < -0.4 is 10.6 Å². The first-order chi connectivity index (χ1) is 12.5. The van der Waals surface area contributed by atoms with Crippen molar-refractivity contribution in [2.45, 2.75) is 26.2 Å². The number of likely N-dealkylation sites (tertiary alicyclic amines) is 1. The highest BCUT2D eigenvalue weighted by Crippen LogP contribution is 2.16. The lowest BCUT2D eigenvalue weighted by atomic mass is 10.1. The van der Waals surface area contributed by atoms with Crippen LogP contribution in [0.2, 0.25) is 0 Å². The molecule has 0 unspecified atom stereocenters. The van der Waals surface area contributed by atoms with Gasteiger partial charge in [0.1, 0.15) is 5.82 Å². The number of hydrogen-bond donors (Lipinski definition) is 2. The van der Waals surface area contributed by atoms with Crippen LogP contribution in [-0.2, 0) is 14.3 Å². The minimum atomic E-state index is -0.479. The third-order valence-corrected chi connectivity index (χ3v) is 4.54. The second kappa shape index (κ2) is 10.2. The molecule has 0 bridgehead atoms. The van der Waals surface area contributed by atoms with Crippen LogP contribution >= 0.6 is 0 Å². The average Bonchev–Trinajstić information content (AvgIpc) is 3.07. The molecule has 1 saturated heterocycles. The molecule has 1 aromatic rings. The van der Waals surface area contributed by atoms with E-state index >= 15 is 0 Å². The van der Waals surface area contributed by atoms with E-state index in [9.17, 15) is 14.0 Å². The molecule has 2 amide bonds. The lowest BCUT2D eigenvalue weighted by Gasteiger charge is -2.15. The zero-order chi connectivity index (χ0) is 18.9. The molecule has 2 rings (SSSR count). The van der Waals surface area contributed by atoms with Gasteiger partial charge in [-0.1, -0.05) is 6.07 Å². The van der Waals surface area contributed by atoms with Gasteiger partial charge < -0.3 is 20.3 Å². The fourth-order valence-corrected chi connectivity index (χ4v) is 3.02. The van der Waals surface area contributed by atoms with E-state index in [1.54, 1.807) is 19.2 Å². The molecule has 6 nitrogen and oxygen atoms in total. The number of aryl methyl sites for hydroxylation is 1. The van der Waals surface area contributed by atoms with Crippen LogP contribution in [0.1, 0.15) is 24.8 Å². The van der Waals surface area contributed by atoms with Gasteiger partial charge in [0.05, 0.1) is 12.3 Å². The molecule has 0 saturated carbocycles. The van der Waals surface area contributed by atoms with Gasteiger partial charge in [0.25, 0.3) is 0 Å². The first-order valence-corrected chi connectivity index (χ1v) is 9.02. The van der Waals surface area contributed by atoms with Crippen LogP contribution in [0, 0.1) is 18.7 Å². The van der Waals surface area contributed by atoms with E-state index in [1.165, 1.54) is 6.07 Å². The third kappa shape index (κ3) is 6.72. The van der Waals surface area contributed by atoms with E-state index in [1.807, 2.05) is 6.92 Å². The van der Waals surface area contributed by atoms with Crippen molar-refractivity contribution in [2.24, 2.45) is 5.92 Å². The molecule has 1 atom stereocenters. The summed E-state index contributed by atoms with van der Waals surface area (Å²) in [6, 6.07) is 4.52. The Morgan fingerprint density at radius 3 is 2.85 bits per heavy atom. The molecule has 1 heterocycles. The number of benzene rings is 1. The van der Waals surface area contributed by atoms with Crippen molar-refractivity contribution in [3.63, 3.8) is 0 Å². The van der Waals surface area contributed by atoms with E-state index in [-0.39, 0.29) is 30.3 Å². The Labute approximate surface area is 154 Å². The van der Waals surface area contributed by atoms with Crippen molar-refractivity contribution in [3.05, 3.63) is 29.6 Å². The highest BCUT2D eigenvalue weighted by molar-refractivity contribution is 5.93. The number of anilines is 1. The van der Waals surface area contributed by atoms with Crippen molar-refractivity contribution >= 4 is 17.5 Å². The molecule has 0 aromatic heterocycles. The summed E-state index contributed by atoms with van der Waals surface area (Å²) in [5, 5.41) is 5.41. The molecule has 0 spiro atoms. The van der Waals surface area contributed by atoms with Gasteiger partial charge in [0.2, 0.25) is 11.8 Å². The molecule has 1 fully saturated rings. The number of amides is 2. The molecule has 2 N–H and O–H groups in total. The number of nitrogens with zero attached hydrogens (tertiary/aromatic N) is 1. The predicted molar refractivity (Wildman–Crippen MR) is 98.4 cm³/mol. The van der Waals surface area contributed by atoms with Crippen molar-refractivity contribution < 1.29 is 18.7 Å². The van der Waals surface area contributed by atoms with E-state index < -0.39 is 5.82 Å². The Kier molecular flexibility index (Phi) is 8.00. The quantitative estimate of drug-likeness (QED) is 0.702. The zero-order valence-corrected chi connectivity index (χ0v) is 15.5. The molecule has 0 radical (unpaired) electrons. The van der Waals surface area contributed by atoms with Crippen LogP contribution in [0.15, 0.2) is 18.2 Å². The highest BCUT2D eigenvalue weighted by Gasteiger charge is 2.22. The van der Waals surface area contributed by atoms with Gasteiger partial charge in [-0.2, -0.15) is 0 Å². The van der Waals surface area contributed by atoms with Crippen molar-refractivity contribution in [1.29, 1.82) is 0 Å². The summed E-state index contributed by atoms with van der Waals surface area (Å²) in [7, 11) is 1.69. The summed E-state index contributed by atoms with van der Waals surface area (Å²) >= 11 is 0. The molecule has 7 heteroatoms. The van der Waals surface area contributed by atoms with E-state index in [0.29, 0.717) is 12.5 Å². The lowest BCUT2D eigenvalue weighted by molar-refractivity contribution is -0.124. The van der Waals surface area contributed by atoms with E-state index in [0.717, 1.165) is 38.2 Å². The molecule has 1 aliphatic heterocycles. The van der Waals surface area contributed by atoms with Crippen LogP contribution in [-0.4, -0.2) is 56.6 Å². The van der Waals surface area contributed by atoms with Crippen molar-refractivity contribution in [1.82, 2.24) is 10.2 Å².